The van der Waals surface area contributed by atoms with Crippen LogP contribution in [0.15, 0.2) is 12.7 Å². The zero-order valence-corrected chi connectivity index (χ0v) is 7.61. The number of carbonyl (C=O) groups excluding carboxylic acids is 1. The van der Waals surface area contributed by atoms with Gasteiger partial charge in [0.25, 0.3) is 0 Å². The molecule has 2 heterocycles. The lowest BCUT2D eigenvalue weighted by Gasteiger charge is -2.21. The molecule has 4 heteroatoms. The van der Waals surface area contributed by atoms with E-state index in [0.29, 0.717) is 6.61 Å². The number of hydrogen-bond acceptors (Lipinski definition) is 2. The molecule has 2 saturated heterocycles. The third-order valence-corrected chi connectivity index (χ3v) is 2.52. The van der Waals surface area contributed by atoms with Crippen LogP contribution in [0.1, 0.15) is 12.8 Å². The predicted molar refractivity (Wildman–Crippen MR) is 48.0 cm³/mol. The number of carbonyl (C=O) groups is 1. The van der Waals surface area contributed by atoms with E-state index < -0.39 is 0 Å². The average molecular weight is 182 g/mol. The summed E-state index contributed by atoms with van der Waals surface area (Å²) in [5, 5.41) is 1.51. The highest BCUT2D eigenvalue weighted by molar-refractivity contribution is 5.76. The van der Waals surface area contributed by atoms with Crippen molar-refractivity contribution in [3.8, 4) is 0 Å². The third kappa shape index (κ3) is 1.42. The number of rotatable bonds is 3. The van der Waals surface area contributed by atoms with E-state index in [2.05, 4.69) is 6.58 Å². The summed E-state index contributed by atoms with van der Waals surface area (Å²) in [7, 11) is 0. The number of urea groups is 1. The van der Waals surface area contributed by atoms with Crippen LogP contribution in [-0.2, 0) is 4.84 Å². The molecule has 1 atom stereocenters. The van der Waals surface area contributed by atoms with Crippen LogP contribution in [0.25, 0.3) is 0 Å². The Balaban J connectivity index is 2.01. The molecule has 0 radical (unpaired) electrons. The standard InChI is InChI=1S/C9H14N2O2/c1-2-6-13-11-8-4-3-5-10(7-8)9(11)12/h2,8H,1,3-7H2/t8-/m1/s1. The molecule has 0 aromatic carbocycles. The first kappa shape index (κ1) is 8.56. The Morgan fingerprint density at radius 2 is 2.54 bits per heavy atom. The van der Waals surface area contributed by atoms with Gasteiger partial charge in [0.15, 0.2) is 0 Å². The van der Waals surface area contributed by atoms with Crippen LogP contribution >= 0.6 is 0 Å². The summed E-state index contributed by atoms with van der Waals surface area (Å²) in [5.41, 5.74) is 0. The number of piperidine rings is 1. The molecule has 13 heavy (non-hydrogen) atoms. The van der Waals surface area contributed by atoms with Crippen molar-refractivity contribution < 1.29 is 9.63 Å². The number of hydroxylamine groups is 2. The van der Waals surface area contributed by atoms with Crippen molar-refractivity contribution in [2.45, 2.75) is 18.9 Å². The zero-order chi connectivity index (χ0) is 9.26. The fourth-order valence-electron chi connectivity index (χ4n) is 1.91. The highest BCUT2D eigenvalue weighted by Gasteiger charge is 2.40. The topological polar surface area (TPSA) is 32.8 Å². The van der Waals surface area contributed by atoms with Crippen molar-refractivity contribution in [1.82, 2.24) is 9.96 Å². The minimum atomic E-state index is 0.0179. The van der Waals surface area contributed by atoms with E-state index in [1.807, 2.05) is 4.90 Å². The van der Waals surface area contributed by atoms with Crippen molar-refractivity contribution in [3.63, 3.8) is 0 Å². The Hall–Kier alpha value is -1.03. The molecular weight excluding hydrogens is 168 g/mol. The second-order valence-electron chi connectivity index (χ2n) is 3.43. The molecule has 0 aromatic rings. The molecule has 2 aliphatic rings. The van der Waals surface area contributed by atoms with Crippen molar-refractivity contribution >= 4 is 6.03 Å². The van der Waals surface area contributed by atoms with Gasteiger partial charge in [-0.3, -0.25) is 4.84 Å². The van der Waals surface area contributed by atoms with Gasteiger partial charge < -0.3 is 4.90 Å². The van der Waals surface area contributed by atoms with Crippen molar-refractivity contribution in [2.24, 2.45) is 0 Å². The molecule has 0 N–H and O–H groups in total. The molecule has 4 nitrogen and oxygen atoms in total. The van der Waals surface area contributed by atoms with Crippen LogP contribution in [0.2, 0.25) is 0 Å². The van der Waals surface area contributed by atoms with Gasteiger partial charge in [0.1, 0.15) is 0 Å². The fourth-order valence-corrected chi connectivity index (χ4v) is 1.91. The first-order valence-electron chi connectivity index (χ1n) is 4.65. The van der Waals surface area contributed by atoms with Gasteiger partial charge in [-0.2, -0.15) is 5.06 Å². The third-order valence-electron chi connectivity index (χ3n) is 2.52. The zero-order valence-electron chi connectivity index (χ0n) is 7.61. The van der Waals surface area contributed by atoms with Gasteiger partial charge in [-0.25, -0.2) is 4.79 Å². The molecule has 2 fully saturated rings. The predicted octanol–water partition coefficient (Wildman–Crippen LogP) is 1.00. The van der Waals surface area contributed by atoms with Gasteiger partial charge in [0.05, 0.1) is 12.6 Å². The molecule has 0 saturated carbocycles. The second-order valence-corrected chi connectivity index (χ2v) is 3.43. The van der Waals surface area contributed by atoms with Crippen molar-refractivity contribution in [2.75, 3.05) is 19.7 Å². The summed E-state index contributed by atoms with van der Waals surface area (Å²) in [6.45, 7) is 5.68. The molecule has 2 amide bonds. The molecule has 2 aliphatic heterocycles. The summed E-state index contributed by atoms with van der Waals surface area (Å²) in [6.07, 6.45) is 3.80. The summed E-state index contributed by atoms with van der Waals surface area (Å²) >= 11 is 0. The lowest BCUT2D eigenvalue weighted by molar-refractivity contribution is -0.118. The van der Waals surface area contributed by atoms with Gasteiger partial charge in [0, 0.05) is 13.1 Å². The summed E-state index contributed by atoms with van der Waals surface area (Å²) in [5.74, 6) is 0. The molecule has 0 aromatic heterocycles. The Bertz CT molecular complexity index is 230. The normalized spacial score (nSPS) is 26.8. The van der Waals surface area contributed by atoms with Gasteiger partial charge >= 0.3 is 6.03 Å². The van der Waals surface area contributed by atoms with Crippen LogP contribution in [-0.4, -0.2) is 41.7 Å². The highest BCUT2D eigenvalue weighted by atomic mass is 16.7. The Morgan fingerprint density at radius 1 is 1.69 bits per heavy atom. The maximum absolute atomic E-state index is 11.6. The van der Waals surface area contributed by atoms with Gasteiger partial charge in [0.2, 0.25) is 0 Å². The summed E-state index contributed by atoms with van der Waals surface area (Å²) in [6, 6.07) is 0.283. The summed E-state index contributed by atoms with van der Waals surface area (Å²) in [4.78, 5) is 18.7. The first-order chi connectivity index (χ1) is 6.33. The van der Waals surface area contributed by atoms with Crippen LogP contribution in [0.4, 0.5) is 4.79 Å². The van der Waals surface area contributed by atoms with E-state index in [4.69, 9.17) is 4.84 Å². The van der Waals surface area contributed by atoms with E-state index >= 15 is 0 Å². The Labute approximate surface area is 77.7 Å². The van der Waals surface area contributed by atoms with Crippen molar-refractivity contribution in [3.05, 3.63) is 12.7 Å². The molecule has 2 bridgehead atoms. The second kappa shape index (κ2) is 3.38. The highest BCUT2D eigenvalue weighted by Crippen LogP contribution is 2.25. The van der Waals surface area contributed by atoms with Crippen molar-refractivity contribution in [1.29, 1.82) is 0 Å². The largest absolute Gasteiger partial charge is 0.344 e. The lowest BCUT2D eigenvalue weighted by Crippen LogP contribution is -2.33. The van der Waals surface area contributed by atoms with Gasteiger partial charge in [-0.15, -0.1) is 6.58 Å². The number of fused-ring (bicyclic) bond motifs is 2. The first-order valence-corrected chi connectivity index (χ1v) is 4.65. The number of nitrogens with zero attached hydrogens (tertiary/aromatic N) is 2. The minimum Gasteiger partial charge on any atom is -0.321 e. The van der Waals surface area contributed by atoms with Gasteiger partial charge in [-0.05, 0) is 12.8 Å². The lowest BCUT2D eigenvalue weighted by atomic mass is 10.1. The molecule has 0 spiro atoms. The number of amides is 2. The Kier molecular flexibility index (Phi) is 2.22. The van der Waals surface area contributed by atoms with E-state index in [1.165, 1.54) is 5.06 Å². The van der Waals surface area contributed by atoms with Crippen LogP contribution in [0.5, 0.6) is 0 Å². The monoisotopic (exact) mass is 182 g/mol. The molecule has 0 aliphatic carbocycles. The summed E-state index contributed by atoms with van der Waals surface area (Å²) < 4.78 is 0. The Morgan fingerprint density at radius 3 is 3.23 bits per heavy atom. The SMILES string of the molecule is C=CCON1C(=O)N2CCC[C@@H]1C2. The van der Waals surface area contributed by atoms with E-state index in [-0.39, 0.29) is 12.1 Å². The maximum atomic E-state index is 11.6. The fraction of sp³-hybridized carbons (Fsp3) is 0.667. The average Bonchev–Trinajstić information content (AvgIpc) is 2.37. The molecular formula is C9H14N2O2. The van der Waals surface area contributed by atoms with Crippen LogP contribution in [0.3, 0.4) is 0 Å². The molecule has 2 rings (SSSR count). The minimum absolute atomic E-state index is 0.0179. The maximum Gasteiger partial charge on any atom is 0.344 e. The quantitative estimate of drug-likeness (QED) is 0.610. The smallest absolute Gasteiger partial charge is 0.321 e. The number of hydrogen-bond donors (Lipinski definition) is 0. The van der Waals surface area contributed by atoms with Crippen LogP contribution in [0, 0.1) is 0 Å². The van der Waals surface area contributed by atoms with E-state index in [0.717, 1.165) is 25.9 Å². The molecule has 72 valence electrons. The van der Waals surface area contributed by atoms with E-state index in [1.54, 1.807) is 6.08 Å². The van der Waals surface area contributed by atoms with E-state index in [9.17, 15) is 4.79 Å². The molecule has 0 unspecified atom stereocenters. The van der Waals surface area contributed by atoms with Crippen LogP contribution < -0.4 is 0 Å². The van der Waals surface area contributed by atoms with Gasteiger partial charge in [-0.1, -0.05) is 6.08 Å².